The van der Waals surface area contributed by atoms with Crippen molar-refractivity contribution in [3.63, 3.8) is 0 Å². The summed E-state index contributed by atoms with van der Waals surface area (Å²) >= 11 is 3.03. The number of nitriles is 1. The monoisotopic (exact) mass is 467 g/mol. The summed E-state index contributed by atoms with van der Waals surface area (Å²) in [6, 6.07) is 5.48. The van der Waals surface area contributed by atoms with Gasteiger partial charge in [0.15, 0.2) is 11.5 Å². The Morgan fingerprint density at radius 1 is 1.22 bits per heavy atom. The van der Waals surface area contributed by atoms with E-state index >= 15 is 0 Å². The molecule has 5 nitrogen and oxygen atoms in total. The maximum absolute atomic E-state index is 13.4. The van der Waals surface area contributed by atoms with Gasteiger partial charge in [0.1, 0.15) is 10.7 Å². The van der Waals surface area contributed by atoms with Gasteiger partial charge in [0.05, 0.1) is 28.3 Å². The summed E-state index contributed by atoms with van der Waals surface area (Å²) in [7, 11) is -4.76. The highest BCUT2D eigenvalue weighted by atomic mass is 79.9. The van der Waals surface area contributed by atoms with E-state index in [4.69, 9.17) is 14.2 Å². The van der Waals surface area contributed by atoms with Gasteiger partial charge in [0.25, 0.3) is 0 Å². The Bertz CT molecular complexity index is 1020. The molecule has 2 aromatic carbocycles. The minimum Gasteiger partial charge on any atom is -0.490 e. The molecule has 0 saturated heterocycles. The lowest BCUT2D eigenvalue weighted by Gasteiger charge is -2.15. The molecule has 0 N–H and O–H groups in total. The SMILES string of the molecule is CCOc1cc(C#N)cc(Br)c1OS(=O)(=O)c1ccc(F)c(C(F)(F)F)c1. The van der Waals surface area contributed by atoms with E-state index in [1.165, 1.54) is 12.1 Å². The minimum atomic E-state index is -5.08. The average Bonchev–Trinajstić information content (AvgIpc) is 2.57. The van der Waals surface area contributed by atoms with Gasteiger partial charge in [-0.15, -0.1) is 0 Å². The van der Waals surface area contributed by atoms with Gasteiger partial charge in [-0.25, -0.2) is 4.39 Å². The van der Waals surface area contributed by atoms with Gasteiger partial charge in [-0.2, -0.15) is 26.9 Å². The van der Waals surface area contributed by atoms with Gasteiger partial charge >= 0.3 is 16.3 Å². The van der Waals surface area contributed by atoms with Crippen molar-refractivity contribution >= 4 is 26.0 Å². The molecular formula is C16H10BrF4NO4S. The van der Waals surface area contributed by atoms with Crippen molar-refractivity contribution in [3.05, 3.63) is 51.7 Å². The first-order chi connectivity index (χ1) is 12.5. The van der Waals surface area contributed by atoms with Crippen molar-refractivity contribution in [1.29, 1.82) is 5.26 Å². The van der Waals surface area contributed by atoms with Crippen molar-refractivity contribution < 1.29 is 34.9 Å². The number of benzene rings is 2. The highest BCUT2D eigenvalue weighted by Gasteiger charge is 2.36. The van der Waals surface area contributed by atoms with E-state index < -0.39 is 32.6 Å². The summed E-state index contributed by atoms with van der Waals surface area (Å²) in [6.45, 7) is 1.70. The number of nitrogens with zero attached hydrogens (tertiary/aromatic N) is 1. The van der Waals surface area contributed by atoms with Gasteiger partial charge in [-0.1, -0.05) is 0 Å². The minimum absolute atomic E-state index is 0.0340. The quantitative estimate of drug-likeness (QED) is 0.472. The van der Waals surface area contributed by atoms with Gasteiger partial charge in [-0.3, -0.25) is 0 Å². The zero-order chi connectivity index (χ0) is 20.4. The molecule has 0 bridgehead atoms. The third kappa shape index (κ3) is 4.70. The Morgan fingerprint density at radius 2 is 1.89 bits per heavy atom. The maximum Gasteiger partial charge on any atom is 0.419 e. The second-order valence-corrected chi connectivity index (χ2v) is 7.41. The van der Waals surface area contributed by atoms with Crippen LogP contribution in [-0.2, 0) is 16.3 Å². The van der Waals surface area contributed by atoms with E-state index in [-0.39, 0.29) is 34.2 Å². The Kier molecular flexibility index (Phi) is 6.01. The van der Waals surface area contributed by atoms with E-state index in [0.717, 1.165) is 0 Å². The molecular weight excluding hydrogens is 458 g/mol. The van der Waals surface area contributed by atoms with Crippen molar-refractivity contribution in [2.75, 3.05) is 6.61 Å². The zero-order valence-electron chi connectivity index (χ0n) is 13.5. The van der Waals surface area contributed by atoms with Gasteiger partial charge in [0.2, 0.25) is 0 Å². The molecule has 0 aliphatic rings. The third-order valence-electron chi connectivity index (χ3n) is 3.16. The average molecular weight is 468 g/mol. The summed E-state index contributed by atoms with van der Waals surface area (Å²) < 4.78 is 86.8. The molecule has 0 aromatic heterocycles. The lowest BCUT2D eigenvalue weighted by atomic mass is 10.2. The first-order valence-electron chi connectivity index (χ1n) is 7.17. The molecule has 2 aromatic rings. The highest BCUT2D eigenvalue weighted by Crippen LogP contribution is 2.39. The Labute approximate surface area is 160 Å². The highest BCUT2D eigenvalue weighted by molar-refractivity contribution is 9.10. The van der Waals surface area contributed by atoms with Crippen LogP contribution in [-0.4, -0.2) is 15.0 Å². The summed E-state index contributed by atoms with van der Waals surface area (Å²) in [5.74, 6) is -2.07. The van der Waals surface area contributed by atoms with E-state index in [9.17, 15) is 26.0 Å². The predicted molar refractivity (Wildman–Crippen MR) is 89.2 cm³/mol. The third-order valence-corrected chi connectivity index (χ3v) is 4.97. The summed E-state index contributed by atoms with van der Waals surface area (Å²) in [6.07, 6.45) is -5.08. The molecule has 0 radical (unpaired) electrons. The smallest absolute Gasteiger partial charge is 0.419 e. The molecule has 0 saturated carbocycles. The van der Waals surface area contributed by atoms with Crippen molar-refractivity contribution in [1.82, 2.24) is 0 Å². The molecule has 0 atom stereocenters. The summed E-state index contributed by atoms with van der Waals surface area (Å²) in [4.78, 5) is -0.894. The van der Waals surface area contributed by atoms with Crippen LogP contribution in [0.3, 0.4) is 0 Å². The normalized spacial score (nSPS) is 11.7. The van der Waals surface area contributed by atoms with E-state index in [1.54, 1.807) is 6.92 Å². The van der Waals surface area contributed by atoms with Crippen LogP contribution < -0.4 is 8.92 Å². The van der Waals surface area contributed by atoms with Crippen molar-refractivity contribution in [2.24, 2.45) is 0 Å². The van der Waals surface area contributed by atoms with E-state index in [1.807, 2.05) is 6.07 Å². The molecule has 0 fully saturated rings. The molecule has 0 amide bonds. The van der Waals surface area contributed by atoms with Crippen LogP contribution in [0.2, 0.25) is 0 Å². The standard InChI is InChI=1S/C16H10BrF4NO4S/c1-2-25-14-6-9(8-22)5-12(17)15(14)26-27(23,24)10-3-4-13(18)11(7-10)16(19,20)21/h3-7H,2H2,1H3. The number of ether oxygens (including phenoxy) is 1. The Morgan fingerprint density at radius 3 is 2.44 bits per heavy atom. The lowest BCUT2D eigenvalue weighted by Crippen LogP contribution is -2.14. The number of hydrogen-bond acceptors (Lipinski definition) is 5. The molecule has 0 heterocycles. The fraction of sp³-hybridized carbons (Fsp3) is 0.188. The van der Waals surface area contributed by atoms with Crippen LogP contribution in [0.25, 0.3) is 0 Å². The fourth-order valence-electron chi connectivity index (χ4n) is 2.01. The number of alkyl halides is 3. The van der Waals surface area contributed by atoms with Crippen LogP contribution in [0.1, 0.15) is 18.1 Å². The van der Waals surface area contributed by atoms with Crippen LogP contribution in [0, 0.1) is 17.1 Å². The van der Waals surface area contributed by atoms with Crippen LogP contribution in [0.4, 0.5) is 17.6 Å². The molecule has 0 aliphatic heterocycles. The largest absolute Gasteiger partial charge is 0.490 e. The number of halogens is 5. The Hall–Kier alpha value is -2.32. The molecule has 0 aliphatic carbocycles. The van der Waals surface area contributed by atoms with Gasteiger partial charge < -0.3 is 8.92 Å². The first-order valence-corrected chi connectivity index (χ1v) is 9.37. The lowest BCUT2D eigenvalue weighted by molar-refractivity contribution is -0.140. The molecule has 2 rings (SSSR count). The molecule has 144 valence electrons. The first kappa shape index (κ1) is 21.0. The van der Waals surface area contributed by atoms with Crippen molar-refractivity contribution in [3.8, 4) is 17.6 Å². The van der Waals surface area contributed by atoms with Crippen LogP contribution >= 0.6 is 15.9 Å². The predicted octanol–water partition coefficient (Wildman–Crippen LogP) is 4.65. The molecule has 11 heteroatoms. The van der Waals surface area contributed by atoms with Crippen molar-refractivity contribution in [2.45, 2.75) is 18.0 Å². The van der Waals surface area contributed by atoms with E-state index in [2.05, 4.69) is 15.9 Å². The fourth-order valence-corrected chi connectivity index (χ4v) is 3.63. The van der Waals surface area contributed by atoms with Gasteiger partial charge in [0, 0.05) is 6.07 Å². The van der Waals surface area contributed by atoms with Crippen LogP contribution in [0.5, 0.6) is 11.5 Å². The van der Waals surface area contributed by atoms with E-state index in [0.29, 0.717) is 12.1 Å². The second-order valence-electron chi connectivity index (χ2n) is 5.01. The molecule has 0 spiro atoms. The molecule has 27 heavy (non-hydrogen) atoms. The number of hydrogen-bond donors (Lipinski definition) is 0. The maximum atomic E-state index is 13.4. The number of rotatable bonds is 5. The second kappa shape index (κ2) is 7.74. The molecule has 0 unspecified atom stereocenters. The zero-order valence-corrected chi connectivity index (χ0v) is 15.9. The summed E-state index contributed by atoms with van der Waals surface area (Å²) in [5.41, 5.74) is -1.60. The summed E-state index contributed by atoms with van der Waals surface area (Å²) in [5, 5.41) is 8.96. The topological polar surface area (TPSA) is 76.4 Å². The Balaban J connectivity index is 2.53. The van der Waals surface area contributed by atoms with Gasteiger partial charge in [-0.05, 0) is 47.1 Å². The van der Waals surface area contributed by atoms with Crippen LogP contribution in [0.15, 0.2) is 39.7 Å².